The largest absolute Gasteiger partial charge is 0.480 e. The van der Waals surface area contributed by atoms with Crippen molar-refractivity contribution in [3.8, 4) is 0 Å². The van der Waals surface area contributed by atoms with E-state index in [4.69, 9.17) is 14.6 Å². The number of carbonyl (C=O) groups is 3. The molecule has 0 heterocycles. The Morgan fingerprint density at radius 1 is 0.957 bits per heavy atom. The van der Waals surface area contributed by atoms with Gasteiger partial charge in [0.2, 0.25) is 0 Å². The molecule has 0 aliphatic rings. The van der Waals surface area contributed by atoms with Gasteiger partial charge in [0.25, 0.3) is 0 Å². The Labute approximate surface area is 137 Å². The van der Waals surface area contributed by atoms with Crippen molar-refractivity contribution in [3.63, 3.8) is 0 Å². The molecule has 0 radical (unpaired) electrons. The van der Waals surface area contributed by atoms with Crippen molar-refractivity contribution in [1.29, 1.82) is 0 Å². The number of carboxylic acid groups (broad SMARTS) is 1. The first-order valence-corrected chi connectivity index (χ1v) is 7.41. The molecule has 0 aromatic heterocycles. The normalized spacial score (nSPS) is 12.0. The minimum absolute atomic E-state index is 0.158. The van der Waals surface area contributed by atoms with Gasteiger partial charge in [-0.25, -0.2) is 4.79 Å². The van der Waals surface area contributed by atoms with Gasteiger partial charge in [-0.3, -0.25) is 14.5 Å². The Kier molecular flexibility index (Phi) is 8.02. The summed E-state index contributed by atoms with van der Waals surface area (Å²) < 4.78 is 10.2. The lowest BCUT2D eigenvalue weighted by Gasteiger charge is -2.24. The molecule has 1 amide bonds. The monoisotopic (exact) mass is 332 g/mol. The predicted molar refractivity (Wildman–Crippen MR) is 84.2 cm³/mol. The number of carboxylic acids is 1. The standard InChI is InChI=1S/C15H28N2O6/c1-14(2,3)22-12(20)10-17(9-11(18)19)8-7-16-13(21)23-15(4,5)6/h7-10H2,1-6H3,(H,16,21)(H,18,19). The zero-order chi connectivity index (χ0) is 18.3. The Hall–Kier alpha value is -1.83. The maximum atomic E-state index is 11.8. The van der Waals surface area contributed by atoms with Gasteiger partial charge >= 0.3 is 18.0 Å². The number of nitrogens with zero attached hydrogens (tertiary/aromatic N) is 1. The van der Waals surface area contributed by atoms with Gasteiger partial charge in [0.1, 0.15) is 11.2 Å². The van der Waals surface area contributed by atoms with E-state index in [0.29, 0.717) is 0 Å². The van der Waals surface area contributed by atoms with Crippen molar-refractivity contribution >= 4 is 18.0 Å². The number of aliphatic carboxylic acids is 1. The predicted octanol–water partition coefficient (Wildman–Crippen LogP) is 1.24. The molecule has 134 valence electrons. The lowest BCUT2D eigenvalue weighted by atomic mass is 10.2. The zero-order valence-electron chi connectivity index (χ0n) is 14.8. The van der Waals surface area contributed by atoms with Gasteiger partial charge < -0.3 is 19.9 Å². The summed E-state index contributed by atoms with van der Waals surface area (Å²) >= 11 is 0. The second-order valence-corrected chi connectivity index (χ2v) is 7.12. The van der Waals surface area contributed by atoms with Crippen molar-refractivity contribution < 1.29 is 29.0 Å². The van der Waals surface area contributed by atoms with Crippen LogP contribution >= 0.6 is 0 Å². The summed E-state index contributed by atoms with van der Waals surface area (Å²) in [5.41, 5.74) is -1.25. The minimum atomic E-state index is -1.06. The highest BCUT2D eigenvalue weighted by molar-refractivity contribution is 5.74. The van der Waals surface area contributed by atoms with Crippen LogP contribution in [0.25, 0.3) is 0 Å². The first-order valence-electron chi connectivity index (χ1n) is 7.41. The highest BCUT2D eigenvalue weighted by Gasteiger charge is 2.21. The maximum absolute atomic E-state index is 11.8. The molecule has 0 aliphatic carbocycles. The molecule has 0 aromatic rings. The summed E-state index contributed by atoms with van der Waals surface area (Å²) in [7, 11) is 0. The van der Waals surface area contributed by atoms with Crippen LogP contribution < -0.4 is 5.32 Å². The molecule has 0 bridgehead atoms. The van der Waals surface area contributed by atoms with Crippen LogP contribution in [0.1, 0.15) is 41.5 Å². The highest BCUT2D eigenvalue weighted by Crippen LogP contribution is 2.08. The van der Waals surface area contributed by atoms with Crippen LogP contribution in [0.15, 0.2) is 0 Å². The Morgan fingerprint density at radius 3 is 1.91 bits per heavy atom. The summed E-state index contributed by atoms with van der Waals surface area (Å²) in [5, 5.41) is 11.4. The van der Waals surface area contributed by atoms with Gasteiger partial charge in [-0.1, -0.05) is 0 Å². The van der Waals surface area contributed by atoms with Crippen LogP contribution in [-0.4, -0.2) is 65.4 Å². The lowest BCUT2D eigenvalue weighted by Crippen LogP contribution is -2.42. The van der Waals surface area contributed by atoms with E-state index < -0.39 is 29.2 Å². The number of rotatable bonds is 7. The molecule has 0 saturated heterocycles. The molecule has 23 heavy (non-hydrogen) atoms. The summed E-state index contributed by atoms with van der Waals surface area (Å²) in [6, 6.07) is 0. The average Bonchev–Trinajstić information content (AvgIpc) is 2.21. The van der Waals surface area contributed by atoms with E-state index in [1.54, 1.807) is 41.5 Å². The fraction of sp³-hybridized carbons (Fsp3) is 0.800. The topological polar surface area (TPSA) is 105 Å². The Morgan fingerprint density at radius 2 is 1.48 bits per heavy atom. The number of ether oxygens (including phenoxy) is 2. The summed E-state index contributed by atoms with van der Waals surface area (Å²) in [6.45, 7) is 10.3. The van der Waals surface area contributed by atoms with E-state index in [1.807, 2.05) is 0 Å². The van der Waals surface area contributed by atoms with Crippen LogP contribution in [-0.2, 0) is 19.1 Å². The number of nitrogens with one attached hydrogen (secondary N) is 1. The van der Waals surface area contributed by atoms with Gasteiger partial charge in [-0.15, -0.1) is 0 Å². The second-order valence-electron chi connectivity index (χ2n) is 7.12. The quantitative estimate of drug-likeness (QED) is 0.676. The van der Waals surface area contributed by atoms with E-state index >= 15 is 0 Å². The third kappa shape index (κ3) is 13.5. The number of hydrogen-bond donors (Lipinski definition) is 2. The highest BCUT2D eigenvalue weighted by atomic mass is 16.6. The average molecular weight is 332 g/mol. The van der Waals surface area contributed by atoms with E-state index in [0.717, 1.165) is 0 Å². The molecule has 0 saturated carbocycles. The summed E-state index contributed by atoms with van der Waals surface area (Å²) in [4.78, 5) is 35.5. The van der Waals surface area contributed by atoms with Gasteiger partial charge in [0.05, 0.1) is 13.1 Å². The molecule has 0 aromatic carbocycles. The molecule has 0 unspecified atom stereocenters. The zero-order valence-corrected chi connectivity index (χ0v) is 14.8. The van der Waals surface area contributed by atoms with Gasteiger partial charge in [0, 0.05) is 13.1 Å². The smallest absolute Gasteiger partial charge is 0.407 e. The van der Waals surface area contributed by atoms with Crippen molar-refractivity contribution in [3.05, 3.63) is 0 Å². The van der Waals surface area contributed by atoms with Gasteiger partial charge in [-0.2, -0.15) is 0 Å². The van der Waals surface area contributed by atoms with Crippen LogP contribution in [0.4, 0.5) is 4.79 Å². The maximum Gasteiger partial charge on any atom is 0.407 e. The number of esters is 1. The molecular formula is C15H28N2O6. The first kappa shape index (κ1) is 21.2. The van der Waals surface area contributed by atoms with E-state index in [1.165, 1.54) is 4.90 Å². The van der Waals surface area contributed by atoms with Crippen molar-refractivity contribution in [2.45, 2.75) is 52.7 Å². The molecule has 0 spiro atoms. The van der Waals surface area contributed by atoms with E-state index in [-0.39, 0.29) is 26.2 Å². The number of carbonyl (C=O) groups excluding carboxylic acids is 2. The second kappa shape index (κ2) is 8.71. The van der Waals surface area contributed by atoms with Crippen LogP contribution in [0.2, 0.25) is 0 Å². The number of amides is 1. The minimum Gasteiger partial charge on any atom is -0.480 e. The fourth-order valence-electron chi connectivity index (χ4n) is 1.59. The van der Waals surface area contributed by atoms with Crippen LogP contribution in [0.5, 0.6) is 0 Å². The van der Waals surface area contributed by atoms with Crippen LogP contribution in [0.3, 0.4) is 0 Å². The molecule has 0 atom stereocenters. The molecule has 0 fully saturated rings. The molecule has 0 rings (SSSR count). The van der Waals surface area contributed by atoms with Crippen molar-refractivity contribution in [2.75, 3.05) is 26.2 Å². The molecule has 8 heteroatoms. The number of alkyl carbamates (subject to hydrolysis) is 1. The third-order valence-corrected chi connectivity index (χ3v) is 2.23. The fourth-order valence-corrected chi connectivity index (χ4v) is 1.59. The van der Waals surface area contributed by atoms with E-state index in [2.05, 4.69) is 5.32 Å². The van der Waals surface area contributed by atoms with E-state index in [9.17, 15) is 14.4 Å². The molecule has 8 nitrogen and oxygen atoms in total. The van der Waals surface area contributed by atoms with Gasteiger partial charge in [0.15, 0.2) is 0 Å². The van der Waals surface area contributed by atoms with Gasteiger partial charge in [-0.05, 0) is 41.5 Å². The SMILES string of the molecule is CC(C)(C)OC(=O)CN(CCNC(=O)OC(C)(C)C)CC(=O)O. The molecule has 0 aliphatic heterocycles. The van der Waals surface area contributed by atoms with Crippen LogP contribution in [0, 0.1) is 0 Å². The van der Waals surface area contributed by atoms with Crippen molar-refractivity contribution in [2.24, 2.45) is 0 Å². The lowest BCUT2D eigenvalue weighted by molar-refractivity contribution is -0.156. The summed E-state index contributed by atoms with van der Waals surface area (Å²) in [5.74, 6) is -1.58. The molecular weight excluding hydrogens is 304 g/mol. The first-order chi connectivity index (χ1) is 10.3. The van der Waals surface area contributed by atoms with Crippen molar-refractivity contribution in [1.82, 2.24) is 10.2 Å². The third-order valence-electron chi connectivity index (χ3n) is 2.23. The molecule has 2 N–H and O–H groups in total. The number of hydrogen-bond acceptors (Lipinski definition) is 6. The summed E-state index contributed by atoms with van der Waals surface area (Å²) in [6.07, 6.45) is -0.593. The Balaban J connectivity index is 4.38. The Bertz CT molecular complexity index is 423.